The van der Waals surface area contributed by atoms with Gasteiger partial charge in [-0.25, -0.2) is 4.68 Å². The van der Waals surface area contributed by atoms with Gasteiger partial charge in [-0.1, -0.05) is 30.3 Å². The van der Waals surface area contributed by atoms with Crippen LogP contribution in [0.5, 0.6) is 0 Å². The van der Waals surface area contributed by atoms with Crippen LogP contribution in [-0.4, -0.2) is 14.3 Å². The number of benzene rings is 2. The van der Waals surface area contributed by atoms with Gasteiger partial charge in [-0.05, 0) is 35.7 Å². The van der Waals surface area contributed by atoms with E-state index in [9.17, 15) is 9.59 Å². The maximum Gasteiger partial charge on any atom is 0.279 e. The number of aromatic nitrogens is 3. The predicted molar refractivity (Wildman–Crippen MR) is 97.4 cm³/mol. The van der Waals surface area contributed by atoms with Crippen molar-refractivity contribution in [3.8, 4) is 0 Å². The van der Waals surface area contributed by atoms with E-state index in [4.69, 9.17) is 5.73 Å². The van der Waals surface area contributed by atoms with Crippen LogP contribution in [0.2, 0.25) is 0 Å². The molecular formula is C19H14N4O2. The first-order valence-corrected chi connectivity index (χ1v) is 7.97. The second kappa shape index (κ2) is 4.73. The number of H-pyrrole nitrogens is 1. The van der Waals surface area contributed by atoms with E-state index in [0.717, 1.165) is 16.6 Å². The summed E-state index contributed by atoms with van der Waals surface area (Å²) in [6.07, 6.45) is 1.73. The minimum atomic E-state index is -0.447. The summed E-state index contributed by atoms with van der Waals surface area (Å²) in [6, 6.07) is 16.2. The summed E-state index contributed by atoms with van der Waals surface area (Å²) < 4.78 is 2.69. The van der Waals surface area contributed by atoms with Crippen molar-refractivity contribution in [1.29, 1.82) is 0 Å². The molecule has 0 saturated carbocycles. The quantitative estimate of drug-likeness (QED) is 0.560. The number of hydrogen-bond acceptors (Lipinski definition) is 3. The minimum absolute atomic E-state index is 0.240. The summed E-state index contributed by atoms with van der Waals surface area (Å²) in [5.74, 6) is 0.261. The molecule has 4 aromatic rings. The Hall–Kier alpha value is -3.54. The molecule has 6 heteroatoms. The highest BCUT2D eigenvalue weighted by Crippen LogP contribution is 2.27. The van der Waals surface area contributed by atoms with Gasteiger partial charge in [0.2, 0.25) is 0 Å². The largest absolute Gasteiger partial charge is 0.384 e. The molecule has 5 rings (SSSR count). The van der Waals surface area contributed by atoms with Gasteiger partial charge in [-0.3, -0.25) is 9.59 Å². The van der Waals surface area contributed by atoms with Crippen LogP contribution in [0.1, 0.15) is 11.7 Å². The van der Waals surface area contributed by atoms with Crippen molar-refractivity contribution < 1.29 is 0 Å². The van der Waals surface area contributed by atoms with Crippen molar-refractivity contribution in [3.05, 3.63) is 87.1 Å². The molecule has 1 atom stereocenters. The summed E-state index contributed by atoms with van der Waals surface area (Å²) in [5.41, 5.74) is 7.33. The first kappa shape index (κ1) is 13.9. The molecule has 1 aliphatic heterocycles. The normalized spacial score (nSPS) is 16.3. The molecule has 1 aliphatic rings. The number of hydrogen-bond donors (Lipinski definition) is 2. The van der Waals surface area contributed by atoms with Crippen LogP contribution in [0.4, 0.5) is 0 Å². The topological polar surface area (TPSA) is 85.8 Å². The fourth-order valence-electron chi connectivity index (χ4n) is 3.55. The lowest BCUT2D eigenvalue weighted by Crippen LogP contribution is -2.38. The Morgan fingerprint density at radius 1 is 0.920 bits per heavy atom. The molecule has 0 amide bonds. The van der Waals surface area contributed by atoms with Gasteiger partial charge in [0.1, 0.15) is 11.9 Å². The molecule has 0 radical (unpaired) electrons. The SMILES string of the molecule is NC1=CC(c2cc3ccccc3[nH]2)n2c(=O)c3ccccc3c(=O)n21. The van der Waals surface area contributed by atoms with Gasteiger partial charge >= 0.3 is 0 Å². The molecule has 1 unspecified atom stereocenters. The summed E-state index contributed by atoms with van der Waals surface area (Å²) in [6.45, 7) is 0. The molecule has 3 heterocycles. The lowest BCUT2D eigenvalue weighted by Gasteiger charge is -2.14. The number of nitrogens with two attached hydrogens (primary N) is 1. The summed E-state index contributed by atoms with van der Waals surface area (Å²) >= 11 is 0. The first-order chi connectivity index (χ1) is 12.1. The smallest absolute Gasteiger partial charge is 0.279 e. The maximum absolute atomic E-state index is 13.0. The zero-order valence-electron chi connectivity index (χ0n) is 13.1. The van der Waals surface area contributed by atoms with E-state index < -0.39 is 6.04 Å². The van der Waals surface area contributed by atoms with Gasteiger partial charge in [0.15, 0.2) is 0 Å². The average Bonchev–Trinajstić information content (AvgIpc) is 3.21. The van der Waals surface area contributed by atoms with E-state index in [1.54, 1.807) is 30.3 Å². The molecule has 122 valence electrons. The van der Waals surface area contributed by atoms with Gasteiger partial charge in [-0.2, -0.15) is 4.68 Å². The fraction of sp³-hybridized carbons (Fsp3) is 0.0526. The Bertz CT molecular complexity index is 1270. The third-order valence-corrected chi connectivity index (χ3v) is 4.71. The Balaban J connectivity index is 1.85. The third-order valence-electron chi connectivity index (χ3n) is 4.71. The van der Waals surface area contributed by atoms with E-state index in [1.165, 1.54) is 9.36 Å². The Morgan fingerprint density at radius 3 is 2.36 bits per heavy atom. The van der Waals surface area contributed by atoms with Crippen molar-refractivity contribution >= 4 is 27.5 Å². The van der Waals surface area contributed by atoms with Crippen LogP contribution < -0.4 is 16.9 Å². The maximum atomic E-state index is 13.0. The van der Waals surface area contributed by atoms with Gasteiger partial charge in [0.05, 0.1) is 10.8 Å². The van der Waals surface area contributed by atoms with Crippen molar-refractivity contribution in [2.45, 2.75) is 6.04 Å². The molecule has 2 aromatic carbocycles. The van der Waals surface area contributed by atoms with Crippen molar-refractivity contribution in [1.82, 2.24) is 14.3 Å². The lowest BCUT2D eigenvalue weighted by molar-refractivity contribution is 0.539. The summed E-state index contributed by atoms with van der Waals surface area (Å²) in [5, 5.41) is 1.81. The monoisotopic (exact) mass is 330 g/mol. The van der Waals surface area contributed by atoms with Crippen LogP contribution in [0.25, 0.3) is 27.5 Å². The lowest BCUT2D eigenvalue weighted by atomic mass is 10.1. The molecule has 0 spiro atoms. The van der Waals surface area contributed by atoms with Gasteiger partial charge in [0, 0.05) is 11.2 Å². The molecule has 0 fully saturated rings. The Labute approximate surface area is 141 Å². The van der Waals surface area contributed by atoms with Crippen molar-refractivity contribution in [3.63, 3.8) is 0 Å². The number of nitrogens with zero attached hydrogens (tertiary/aromatic N) is 2. The van der Waals surface area contributed by atoms with Crippen LogP contribution in [0.15, 0.2) is 70.3 Å². The van der Waals surface area contributed by atoms with Gasteiger partial charge in [-0.15, -0.1) is 0 Å². The van der Waals surface area contributed by atoms with Gasteiger partial charge < -0.3 is 10.7 Å². The first-order valence-electron chi connectivity index (χ1n) is 7.97. The van der Waals surface area contributed by atoms with E-state index in [-0.39, 0.29) is 16.9 Å². The van der Waals surface area contributed by atoms with Crippen molar-refractivity contribution in [2.75, 3.05) is 0 Å². The number of para-hydroxylation sites is 1. The molecule has 3 N–H and O–H groups in total. The van der Waals surface area contributed by atoms with E-state index >= 15 is 0 Å². The van der Waals surface area contributed by atoms with Crippen molar-refractivity contribution in [2.24, 2.45) is 5.73 Å². The third kappa shape index (κ3) is 1.79. The number of nitrogens with one attached hydrogen (secondary N) is 1. The molecular weight excluding hydrogens is 316 g/mol. The molecule has 0 aliphatic carbocycles. The molecule has 25 heavy (non-hydrogen) atoms. The Kier molecular flexibility index (Phi) is 2.62. The molecule has 6 nitrogen and oxygen atoms in total. The summed E-state index contributed by atoms with van der Waals surface area (Å²) in [4.78, 5) is 29.1. The van der Waals surface area contributed by atoms with Gasteiger partial charge in [0.25, 0.3) is 11.1 Å². The number of aromatic amines is 1. The highest BCUT2D eigenvalue weighted by Gasteiger charge is 2.28. The number of fused-ring (bicyclic) bond motifs is 3. The second-order valence-electron chi connectivity index (χ2n) is 6.16. The van der Waals surface area contributed by atoms with Crippen LogP contribution in [0, 0.1) is 0 Å². The Morgan fingerprint density at radius 2 is 1.60 bits per heavy atom. The predicted octanol–water partition coefficient (Wildman–Crippen LogP) is 2.00. The molecule has 0 saturated heterocycles. The van der Waals surface area contributed by atoms with Crippen LogP contribution in [0.3, 0.4) is 0 Å². The van der Waals surface area contributed by atoms with E-state index in [0.29, 0.717) is 10.8 Å². The highest BCUT2D eigenvalue weighted by atomic mass is 16.2. The van der Waals surface area contributed by atoms with Crippen LogP contribution in [-0.2, 0) is 0 Å². The minimum Gasteiger partial charge on any atom is -0.384 e. The second-order valence-corrected chi connectivity index (χ2v) is 6.16. The number of allylic oxidation sites excluding steroid dienone is 1. The number of rotatable bonds is 1. The standard InChI is InChI=1S/C19H14N4O2/c20-17-10-16(15-9-11-5-1-4-8-14(11)21-15)22-18(24)12-6-2-3-7-13(12)19(25)23(17)22/h1-10,16,21H,20H2. The zero-order valence-corrected chi connectivity index (χ0v) is 13.1. The van der Waals surface area contributed by atoms with E-state index in [2.05, 4.69) is 4.98 Å². The van der Waals surface area contributed by atoms with Crippen LogP contribution >= 0.6 is 0 Å². The zero-order chi connectivity index (χ0) is 17.1. The fourth-order valence-corrected chi connectivity index (χ4v) is 3.55. The molecule has 2 aromatic heterocycles. The average molecular weight is 330 g/mol. The van der Waals surface area contributed by atoms with E-state index in [1.807, 2.05) is 30.3 Å². The highest BCUT2D eigenvalue weighted by molar-refractivity contribution is 5.82. The summed E-state index contributed by atoms with van der Waals surface area (Å²) in [7, 11) is 0. The molecule has 0 bridgehead atoms.